The second-order valence-electron chi connectivity index (χ2n) is 2.97. The number of hydrogen-bond acceptors (Lipinski definition) is 20. The van der Waals surface area contributed by atoms with E-state index < -0.39 is 39.8 Å². The van der Waals surface area contributed by atoms with Crippen LogP contribution in [0.3, 0.4) is 0 Å². The molecule has 15 N–H and O–H groups in total. The Labute approximate surface area is 211 Å². The monoisotopic (exact) mass is 749 g/mol. The standard InChI is InChI=1S/Cu.HI.4H4O3SSi.H3O3SSi/c;;5*1-5(2,3)4/h;1H;4*1-4H;1-3H/q+2;;;;;;-1/p-1. The van der Waals surface area contributed by atoms with E-state index in [1.54, 1.807) is 0 Å². The van der Waals surface area contributed by atoms with Crippen LogP contribution in [0.15, 0.2) is 0 Å². The predicted molar refractivity (Wildman–Crippen MR) is 105 cm³/mol. The third-order valence-electron chi connectivity index (χ3n) is 0. The van der Waals surface area contributed by atoms with Crippen LogP contribution in [0.5, 0.6) is 0 Å². The minimum Gasteiger partial charge on any atom is -1.00 e. The zero-order valence-electron chi connectivity index (χ0n) is 12.1. The molecule has 0 aromatic heterocycles. The van der Waals surface area contributed by atoms with Crippen molar-refractivity contribution >= 4 is 100 Å². The molecule has 0 amide bonds. The topological polar surface area (TPSA) is 303 Å². The predicted octanol–water partition coefficient (Wildman–Crippen LogP) is -11.7. The van der Waals surface area contributed by atoms with E-state index >= 15 is 0 Å². The maximum absolute atomic E-state index is 7.64. The molecular formula is H19CuIO15S5Si5. The first-order valence-corrected chi connectivity index (χ1v) is 19.9. The fourth-order valence-electron chi connectivity index (χ4n) is 0. The normalized spacial score (nSPS) is 11.1. The molecule has 177 valence electrons. The summed E-state index contributed by atoms with van der Waals surface area (Å²) in [6.45, 7) is 0. The minimum absolute atomic E-state index is 0. The molecular weight excluding hydrogens is 731 g/mol. The second kappa shape index (κ2) is 21.3. The van der Waals surface area contributed by atoms with E-state index in [2.05, 4.69) is 60.4 Å². The summed E-state index contributed by atoms with van der Waals surface area (Å²) in [5, 5.41) is 0. The molecule has 0 atom stereocenters. The van der Waals surface area contributed by atoms with Crippen molar-refractivity contribution in [3.8, 4) is 0 Å². The van der Waals surface area contributed by atoms with E-state index in [9.17, 15) is 0 Å². The molecule has 0 aliphatic heterocycles. The second-order valence-corrected chi connectivity index (χ2v) is 17.8. The molecule has 27 heteroatoms. The van der Waals surface area contributed by atoms with Crippen LogP contribution in [0.1, 0.15) is 0 Å². The van der Waals surface area contributed by atoms with Gasteiger partial charge in [-0.15, -0.1) is 48.3 Å². The first-order chi connectivity index (χ1) is 10.0. The van der Waals surface area contributed by atoms with Crippen LogP contribution in [-0.4, -0.2) is 112 Å². The summed E-state index contributed by atoms with van der Waals surface area (Å²) >= 11 is 15.3. The van der Waals surface area contributed by atoms with E-state index in [4.69, 9.17) is 71.9 Å². The summed E-state index contributed by atoms with van der Waals surface area (Å²) in [4.78, 5) is 114. The van der Waals surface area contributed by atoms with Gasteiger partial charge in [0.15, 0.2) is 0 Å². The Kier molecular flexibility index (Phi) is 38.0. The maximum atomic E-state index is 7.64. The van der Waals surface area contributed by atoms with Crippen molar-refractivity contribution in [2.45, 2.75) is 0 Å². The number of hydrogen-bond donors (Lipinski definition) is 19. The smallest absolute Gasteiger partial charge is 1.00 e. The van der Waals surface area contributed by atoms with Crippen molar-refractivity contribution in [1.82, 2.24) is 0 Å². The summed E-state index contributed by atoms with van der Waals surface area (Å²) in [7, 11) is -19.7. The molecule has 0 aliphatic carbocycles. The molecule has 0 rings (SSSR count). The third kappa shape index (κ3) is 1830. The van der Waals surface area contributed by atoms with Gasteiger partial charge in [-0.25, -0.2) is 0 Å². The fraction of sp³-hybridized carbons (Fsp3) is 0. The van der Waals surface area contributed by atoms with Crippen LogP contribution in [-0.2, 0) is 29.1 Å². The Morgan fingerprint density at radius 1 is 0.407 bits per heavy atom. The average Bonchev–Trinajstić information content (AvgIpc) is 1.79. The molecule has 0 spiro atoms. The van der Waals surface area contributed by atoms with Gasteiger partial charge in [0, 0.05) is 0 Å². The molecule has 0 aromatic carbocycles. The summed E-state index contributed by atoms with van der Waals surface area (Å²) in [6, 6.07) is 0. The van der Waals surface area contributed by atoms with E-state index in [1.807, 2.05) is 0 Å². The van der Waals surface area contributed by atoms with Gasteiger partial charge in [0.2, 0.25) is 0 Å². The first-order valence-electron chi connectivity index (χ1n) is 4.45. The molecule has 0 fully saturated rings. The van der Waals surface area contributed by atoms with Gasteiger partial charge in [-0.3, -0.25) is 0 Å². The van der Waals surface area contributed by atoms with Crippen molar-refractivity contribution in [2.24, 2.45) is 0 Å². The molecule has 0 heterocycles. The van der Waals surface area contributed by atoms with E-state index in [0.717, 1.165) is 0 Å². The van der Waals surface area contributed by atoms with Crippen LogP contribution < -0.4 is 24.0 Å². The average molecular weight is 750 g/mol. The summed E-state index contributed by atoms with van der Waals surface area (Å²) in [5.41, 5.74) is 0. The zero-order valence-corrected chi connectivity index (χ0v) is 24.6. The van der Waals surface area contributed by atoms with Crippen molar-refractivity contribution in [1.29, 1.82) is 0 Å². The van der Waals surface area contributed by atoms with Crippen LogP contribution >= 0.6 is 48.3 Å². The van der Waals surface area contributed by atoms with Gasteiger partial charge in [-0.2, -0.15) is 0 Å². The van der Waals surface area contributed by atoms with Crippen LogP contribution in [0.25, 0.3) is 0 Å². The molecule has 0 saturated heterocycles. The summed E-state index contributed by atoms with van der Waals surface area (Å²) in [6.07, 6.45) is 0. The van der Waals surface area contributed by atoms with Crippen molar-refractivity contribution in [3.05, 3.63) is 0 Å². The number of rotatable bonds is 0. The summed E-state index contributed by atoms with van der Waals surface area (Å²) in [5.74, 6) is 0. The van der Waals surface area contributed by atoms with Gasteiger partial charge in [0.05, 0.1) is 0 Å². The quantitative estimate of drug-likeness (QED) is 0.0473. The molecule has 0 saturated carbocycles. The fourth-order valence-corrected chi connectivity index (χ4v) is 0. The largest absolute Gasteiger partial charge is 2.00 e. The van der Waals surface area contributed by atoms with E-state index in [0.29, 0.717) is 0 Å². The zero-order chi connectivity index (χ0) is 22.5. The van der Waals surface area contributed by atoms with Gasteiger partial charge in [0.25, 0.3) is 0 Å². The van der Waals surface area contributed by atoms with Crippen LogP contribution in [0.4, 0.5) is 0 Å². The SMILES string of the molecule is O[Si](O)(O)S.O[Si](O)(O)S.O[Si](O)(O)S.O[Si](O)(O)S.O[Si](O)(O)[S-].[Cu+2].[I-]. The van der Waals surface area contributed by atoms with Gasteiger partial charge >= 0.3 is 56.8 Å². The Balaban J connectivity index is -0.0000000364. The molecule has 0 aromatic rings. The minimum atomic E-state index is -4.03. The Hall–Kier alpha value is 3.48. The van der Waals surface area contributed by atoms with Crippen LogP contribution in [0, 0.1) is 0 Å². The Bertz CT molecular complexity index is 194. The van der Waals surface area contributed by atoms with Crippen molar-refractivity contribution in [2.75, 3.05) is 0 Å². The van der Waals surface area contributed by atoms with Crippen LogP contribution in [0.2, 0.25) is 0 Å². The Morgan fingerprint density at radius 3 is 0.407 bits per heavy atom. The molecule has 15 nitrogen and oxygen atoms in total. The van der Waals surface area contributed by atoms with Gasteiger partial charge in [-0.05, 0) is 0 Å². The maximum Gasteiger partial charge on any atom is 2.00 e. The van der Waals surface area contributed by atoms with Gasteiger partial charge in [0.1, 0.15) is 0 Å². The molecule has 0 unspecified atom stereocenters. The molecule has 27 heavy (non-hydrogen) atoms. The first kappa shape index (κ1) is 48.1. The van der Waals surface area contributed by atoms with Gasteiger partial charge in [-0.1, -0.05) is 0 Å². The van der Waals surface area contributed by atoms with Crippen molar-refractivity contribution in [3.63, 3.8) is 0 Å². The van der Waals surface area contributed by atoms with E-state index in [-0.39, 0.29) is 41.0 Å². The Morgan fingerprint density at radius 2 is 0.407 bits per heavy atom. The molecule has 1 radical (unpaired) electrons. The molecule has 0 bridgehead atoms. The molecule has 0 aliphatic rings. The summed E-state index contributed by atoms with van der Waals surface area (Å²) < 4.78 is 0. The third-order valence-corrected chi connectivity index (χ3v) is 0. The van der Waals surface area contributed by atoms with E-state index in [1.165, 1.54) is 0 Å². The van der Waals surface area contributed by atoms with Crippen molar-refractivity contribution < 1.29 is 113 Å². The number of halogens is 1. The number of thiol groups is 4. The van der Waals surface area contributed by atoms with Gasteiger partial charge < -0.3 is 108 Å².